The molecule has 0 radical (unpaired) electrons. The SMILES string of the molecule is OCc1cc(Cl)ccc1Oc1cc(Cl)c(Cl)cc1Cl. The fourth-order valence-corrected chi connectivity index (χ4v) is 2.24. The van der Waals surface area contributed by atoms with Gasteiger partial charge in [-0.2, -0.15) is 0 Å². The maximum absolute atomic E-state index is 9.27. The van der Waals surface area contributed by atoms with E-state index in [1.165, 1.54) is 12.1 Å². The first-order chi connectivity index (χ1) is 9.01. The molecular formula is C13H8Cl4O2. The lowest BCUT2D eigenvalue weighted by atomic mass is 10.2. The molecule has 0 aliphatic rings. The van der Waals surface area contributed by atoms with E-state index in [1.54, 1.807) is 18.2 Å². The molecule has 0 fully saturated rings. The largest absolute Gasteiger partial charge is 0.455 e. The van der Waals surface area contributed by atoms with Crippen LogP contribution in [-0.4, -0.2) is 5.11 Å². The molecule has 0 aromatic heterocycles. The maximum Gasteiger partial charge on any atom is 0.147 e. The average molecular weight is 338 g/mol. The zero-order chi connectivity index (χ0) is 14.0. The average Bonchev–Trinajstić information content (AvgIpc) is 2.37. The third-order valence-electron chi connectivity index (χ3n) is 2.39. The van der Waals surface area contributed by atoms with E-state index >= 15 is 0 Å². The molecule has 100 valence electrons. The molecule has 0 saturated carbocycles. The minimum atomic E-state index is -0.200. The van der Waals surface area contributed by atoms with Gasteiger partial charge >= 0.3 is 0 Å². The lowest BCUT2D eigenvalue weighted by molar-refractivity contribution is 0.276. The highest BCUT2D eigenvalue weighted by Gasteiger charge is 2.11. The monoisotopic (exact) mass is 336 g/mol. The summed E-state index contributed by atoms with van der Waals surface area (Å²) >= 11 is 23.6. The van der Waals surface area contributed by atoms with Crippen molar-refractivity contribution in [2.45, 2.75) is 6.61 Å². The van der Waals surface area contributed by atoms with Crippen LogP contribution in [0.1, 0.15) is 5.56 Å². The molecule has 0 unspecified atom stereocenters. The summed E-state index contributed by atoms with van der Waals surface area (Å²) in [5, 5.41) is 10.8. The van der Waals surface area contributed by atoms with Crippen molar-refractivity contribution < 1.29 is 9.84 Å². The molecule has 2 nitrogen and oxygen atoms in total. The van der Waals surface area contributed by atoms with E-state index in [4.69, 9.17) is 51.1 Å². The summed E-state index contributed by atoms with van der Waals surface area (Å²) in [4.78, 5) is 0. The van der Waals surface area contributed by atoms with Gasteiger partial charge in [-0.15, -0.1) is 0 Å². The van der Waals surface area contributed by atoms with Crippen LogP contribution in [0.3, 0.4) is 0 Å². The fourth-order valence-electron chi connectivity index (χ4n) is 1.47. The molecule has 0 spiro atoms. The van der Waals surface area contributed by atoms with E-state index in [0.29, 0.717) is 37.2 Å². The number of aliphatic hydroxyl groups excluding tert-OH is 1. The molecule has 0 saturated heterocycles. The van der Waals surface area contributed by atoms with Crippen molar-refractivity contribution in [3.05, 3.63) is 56.0 Å². The molecule has 19 heavy (non-hydrogen) atoms. The second kappa shape index (κ2) is 6.21. The third-order valence-corrected chi connectivity index (χ3v) is 3.64. The highest BCUT2D eigenvalue weighted by atomic mass is 35.5. The second-order valence-corrected chi connectivity index (χ2v) is 5.37. The van der Waals surface area contributed by atoms with Gasteiger partial charge in [-0.1, -0.05) is 46.4 Å². The van der Waals surface area contributed by atoms with Gasteiger partial charge in [0.2, 0.25) is 0 Å². The summed E-state index contributed by atoms with van der Waals surface area (Å²) in [7, 11) is 0. The third kappa shape index (κ3) is 3.47. The first-order valence-electron chi connectivity index (χ1n) is 5.23. The minimum Gasteiger partial charge on any atom is -0.455 e. The summed E-state index contributed by atoms with van der Waals surface area (Å²) in [6, 6.07) is 7.92. The molecule has 2 aromatic rings. The summed E-state index contributed by atoms with van der Waals surface area (Å²) in [6.45, 7) is -0.200. The lowest BCUT2D eigenvalue weighted by Crippen LogP contribution is -1.92. The topological polar surface area (TPSA) is 29.5 Å². The first kappa shape index (κ1) is 14.8. The van der Waals surface area contributed by atoms with Crippen LogP contribution in [0.15, 0.2) is 30.3 Å². The molecular weight excluding hydrogens is 330 g/mol. The van der Waals surface area contributed by atoms with Crippen LogP contribution in [0.5, 0.6) is 11.5 Å². The van der Waals surface area contributed by atoms with Gasteiger partial charge in [0, 0.05) is 16.7 Å². The van der Waals surface area contributed by atoms with Gasteiger partial charge in [-0.05, 0) is 24.3 Å². The predicted molar refractivity (Wildman–Crippen MR) is 78.9 cm³/mol. The highest BCUT2D eigenvalue weighted by Crippen LogP contribution is 2.37. The van der Waals surface area contributed by atoms with Gasteiger partial charge in [0.1, 0.15) is 11.5 Å². The number of hydrogen-bond acceptors (Lipinski definition) is 2. The number of hydrogen-bond donors (Lipinski definition) is 1. The maximum atomic E-state index is 9.27. The van der Waals surface area contributed by atoms with E-state index in [-0.39, 0.29) is 6.61 Å². The van der Waals surface area contributed by atoms with Crippen molar-refractivity contribution in [1.82, 2.24) is 0 Å². The van der Waals surface area contributed by atoms with Crippen molar-refractivity contribution in [2.75, 3.05) is 0 Å². The zero-order valence-corrected chi connectivity index (χ0v) is 12.5. The summed E-state index contributed by atoms with van der Waals surface area (Å²) in [5.74, 6) is 0.806. The summed E-state index contributed by atoms with van der Waals surface area (Å²) in [6.07, 6.45) is 0. The molecule has 0 amide bonds. The molecule has 1 N–H and O–H groups in total. The van der Waals surface area contributed by atoms with Crippen LogP contribution in [0.2, 0.25) is 20.1 Å². The van der Waals surface area contributed by atoms with Crippen LogP contribution >= 0.6 is 46.4 Å². The number of rotatable bonds is 3. The van der Waals surface area contributed by atoms with E-state index in [2.05, 4.69) is 0 Å². The molecule has 0 aliphatic carbocycles. The Hall–Kier alpha value is -0.640. The minimum absolute atomic E-state index is 0.200. The van der Waals surface area contributed by atoms with Crippen molar-refractivity contribution >= 4 is 46.4 Å². The first-order valence-corrected chi connectivity index (χ1v) is 6.74. The summed E-state index contributed by atoms with van der Waals surface area (Å²) in [5.41, 5.74) is 0.551. The van der Waals surface area contributed by atoms with Crippen LogP contribution in [0.4, 0.5) is 0 Å². The second-order valence-electron chi connectivity index (χ2n) is 3.71. The lowest BCUT2D eigenvalue weighted by Gasteiger charge is -2.12. The standard InChI is InChI=1S/C13H8Cl4O2/c14-8-1-2-12(7(3-8)6-18)19-13-5-10(16)9(15)4-11(13)17/h1-5,18H,6H2. The molecule has 2 aromatic carbocycles. The van der Waals surface area contributed by atoms with E-state index in [1.807, 2.05) is 0 Å². The number of halogens is 4. The van der Waals surface area contributed by atoms with Gasteiger partial charge < -0.3 is 9.84 Å². The molecule has 0 heterocycles. The number of aliphatic hydroxyl groups is 1. The van der Waals surface area contributed by atoms with E-state index < -0.39 is 0 Å². The van der Waals surface area contributed by atoms with Crippen LogP contribution in [-0.2, 0) is 6.61 Å². The van der Waals surface area contributed by atoms with Crippen molar-refractivity contribution in [1.29, 1.82) is 0 Å². The Kier molecular flexibility index (Phi) is 4.82. The Morgan fingerprint density at radius 1 is 0.842 bits per heavy atom. The van der Waals surface area contributed by atoms with Crippen LogP contribution in [0, 0.1) is 0 Å². The highest BCUT2D eigenvalue weighted by molar-refractivity contribution is 6.43. The molecule has 0 bridgehead atoms. The zero-order valence-electron chi connectivity index (χ0n) is 9.46. The van der Waals surface area contributed by atoms with Crippen molar-refractivity contribution in [2.24, 2.45) is 0 Å². The smallest absolute Gasteiger partial charge is 0.147 e. The Morgan fingerprint density at radius 2 is 1.53 bits per heavy atom. The van der Waals surface area contributed by atoms with E-state index in [0.717, 1.165) is 0 Å². The van der Waals surface area contributed by atoms with Crippen LogP contribution < -0.4 is 4.74 Å². The van der Waals surface area contributed by atoms with Gasteiger partial charge in [0.25, 0.3) is 0 Å². The Bertz CT molecular complexity index is 614. The van der Waals surface area contributed by atoms with Crippen molar-refractivity contribution in [3.8, 4) is 11.5 Å². The number of ether oxygens (including phenoxy) is 1. The van der Waals surface area contributed by atoms with Gasteiger partial charge in [-0.3, -0.25) is 0 Å². The van der Waals surface area contributed by atoms with Crippen LogP contribution in [0.25, 0.3) is 0 Å². The Labute approximate surface area is 130 Å². The fraction of sp³-hybridized carbons (Fsp3) is 0.0769. The van der Waals surface area contributed by atoms with Gasteiger partial charge in [-0.25, -0.2) is 0 Å². The van der Waals surface area contributed by atoms with Crippen molar-refractivity contribution in [3.63, 3.8) is 0 Å². The van der Waals surface area contributed by atoms with E-state index in [9.17, 15) is 5.11 Å². The number of benzene rings is 2. The quantitative estimate of drug-likeness (QED) is 0.740. The van der Waals surface area contributed by atoms with Gasteiger partial charge in [0.05, 0.1) is 21.7 Å². The molecule has 2 rings (SSSR count). The normalized spacial score (nSPS) is 10.6. The Balaban J connectivity index is 2.39. The molecule has 0 atom stereocenters. The summed E-state index contributed by atoms with van der Waals surface area (Å²) < 4.78 is 5.63. The molecule has 6 heteroatoms. The molecule has 0 aliphatic heterocycles. The van der Waals surface area contributed by atoms with Gasteiger partial charge in [0.15, 0.2) is 0 Å². The predicted octanol–water partition coefficient (Wildman–Crippen LogP) is 5.58. The Morgan fingerprint density at radius 3 is 2.21 bits per heavy atom.